The highest BCUT2D eigenvalue weighted by atomic mass is 35.5. The lowest BCUT2D eigenvalue weighted by Gasteiger charge is -2.52. The molecule has 3 heterocycles. The second-order valence-electron chi connectivity index (χ2n) is 8.97. The summed E-state index contributed by atoms with van der Waals surface area (Å²) >= 11 is 6.25. The second kappa shape index (κ2) is 8.60. The van der Waals surface area contributed by atoms with E-state index in [4.69, 9.17) is 11.6 Å². The van der Waals surface area contributed by atoms with Crippen molar-refractivity contribution in [1.82, 2.24) is 15.1 Å². The number of nitrogens with one attached hydrogen (secondary N) is 1. The maximum atomic E-state index is 13.1. The quantitative estimate of drug-likeness (QED) is 0.778. The Bertz CT molecular complexity index is 903. The topological polar surface area (TPSA) is 35.6 Å². The van der Waals surface area contributed by atoms with Gasteiger partial charge in [0.25, 0.3) is 0 Å². The number of amides is 2. The highest BCUT2D eigenvalue weighted by molar-refractivity contribution is 6.30. The first kappa shape index (κ1) is 19.9. The minimum atomic E-state index is 0.112. The Labute approximate surface area is 184 Å². The Kier molecular flexibility index (Phi) is 5.70. The van der Waals surface area contributed by atoms with Crippen LogP contribution in [0.1, 0.15) is 42.0 Å². The number of nitrogens with zero attached hydrogens (tertiary/aromatic N) is 2. The van der Waals surface area contributed by atoms with E-state index in [1.807, 2.05) is 12.1 Å². The normalized spacial score (nSPS) is 25.8. The summed E-state index contributed by atoms with van der Waals surface area (Å²) in [5.41, 5.74) is 4.07. The van der Waals surface area contributed by atoms with E-state index in [1.165, 1.54) is 23.1 Å². The van der Waals surface area contributed by atoms with Gasteiger partial charge in [-0.2, -0.15) is 0 Å². The summed E-state index contributed by atoms with van der Waals surface area (Å²) in [5, 5.41) is 4.02. The summed E-state index contributed by atoms with van der Waals surface area (Å²) in [6.45, 7) is 3.77. The van der Waals surface area contributed by atoms with Crippen molar-refractivity contribution in [3.63, 3.8) is 0 Å². The van der Waals surface area contributed by atoms with E-state index in [2.05, 4.69) is 51.5 Å². The van der Waals surface area contributed by atoms with Crippen LogP contribution in [0.4, 0.5) is 4.79 Å². The summed E-state index contributed by atoms with van der Waals surface area (Å²) in [7, 11) is 0. The number of halogens is 1. The van der Waals surface area contributed by atoms with Gasteiger partial charge in [0.2, 0.25) is 0 Å². The van der Waals surface area contributed by atoms with Crippen LogP contribution in [0.15, 0.2) is 48.5 Å². The molecule has 2 aromatic carbocycles. The molecular weight excluding hydrogens is 394 g/mol. The average Bonchev–Trinajstić information content (AvgIpc) is 2.77. The van der Waals surface area contributed by atoms with Gasteiger partial charge in [-0.15, -0.1) is 0 Å². The SMILES string of the molecule is O=C(NCCc1ccccc1)N1CCC[C@@H]2CN3CCc4cc(Cl)ccc4[C@H]3C[C@@H]21. The van der Waals surface area contributed by atoms with Crippen molar-refractivity contribution < 1.29 is 4.79 Å². The number of benzene rings is 2. The van der Waals surface area contributed by atoms with E-state index in [9.17, 15) is 4.79 Å². The number of urea groups is 1. The lowest BCUT2D eigenvalue weighted by Crippen LogP contribution is -2.59. The van der Waals surface area contributed by atoms with E-state index in [-0.39, 0.29) is 6.03 Å². The molecular formula is C25H30ClN3O. The van der Waals surface area contributed by atoms with Crippen LogP contribution in [0.2, 0.25) is 5.02 Å². The van der Waals surface area contributed by atoms with Crippen molar-refractivity contribution in [2.75, 3.05) is 26.2 Å². The molecule has 0 bridgehead atoms. The number of hydrogen-bond donors (Lipinski definition) is 1. The fraction of sp³-hybridized carbons (Fsp3) is 0.480. The number of carbonyl (C=O) groups excluding carboxylic acids is 1. The molecule has 5 heteroatoms. The summed E-state index contributed by atoms with van der Waals surface area (Å²) in [6.07, 6.45) is 5.32. The maximum Gasteiger partial charge on any atom is 0.317 e. The fourth-order valence-electron chi connectivity index (χ4n) is 5.74. The molecule has 1 N–H and O–H groups in total. The van der Waals surface area contributed by atoms with Crippen molar-refractivity contribution in [2.24, 2.45) is 5.92 Å². The summed E-state index contributed by atoms with van der Waals surface area (Å²) in [5.74, 6) is 0.587. The molecule has 0 radical (unpaired) electrons. The summed E-state index contributed by atoms with van der Waals surface area (Å²) in [6, 6.07) is 17.6. The van der Waals surface area contributed by atoms with Gasteiger partial charge in [-0.05, 0) is 66.8 Å². The Morgan fingerprint density at radius 2 is 2.00 bits per heavy atom. The summed E-state index contributed by atoms with van der Waals surface area (Å²) in [4.78, 5) is 17.9. The van der Waals surface area contributed by atoms with Gasteiger partial charge in [0.1, 0.15) is 0 Å². The second-order valence-corrected chi connectivity index (χ2v) is 9.41. The van der Waals surface area contributed by atoms with Crippen molar-refractivity contribution in [3.05, 3.63) is 70.2 Å². The smallest absolute Gasteiger partial charge is 0.317 e. The first-order chi connectivity index (χ1) is 14.7. The standard InChI is InChI=1S/C25H30ClN3O/c26-21-8-9-22-19(15-21)11-14-28-17-20-7-4-13-29(23(20)16-24(22)28)25(30)27-12-10-18-5-2-1-3-6-18/h1-3,5-6,8-9,15,20,23-24H,4,7,10-14,16-17H2,(H,27,30)/t20-,23+,24-/m1/s1. The molecule has 3 atom stereocenters. The van der Waals surface area contributed by atoms with Gasteiger partial charge in [-0.3, -0.25) is 4.90 Å². The molecule has 3 aliphatic rings. The third-order valence-corrected chi connectivity index (χ3v) is 7.45. The molecule has 158 valence electrons. The Hall–Kier alpha value is -2.04. The van der Waals surface area contributed by atoms with Gasteiger partial charge in [-0.1, -0.05) is 48.0 Å². The van der Waals surface area contributed by atoms with Crippen LogP contribution in [-0.4, -0.2) is 48.1 Å². The molecule has 0 aliphatic carbocycles. The zero-order valence-electron chi connectivity index (χ0n) is 17.4. The summed E-state index contributed by atoms with van der Waals surface area (Å²) < 4.78 is 0. The van der Waals surface area contributed by atoms with E-state index in [0.717, 1.165) is 50.3 Å². The van der Waals surface area contributed by atoms with Gasteiger partial charge in [-0.25, -0.2) is 4.79 Å². The third-order valence-electron chi connectivity index (χ3n) is 7.22. The van der Waals surface area contributed by atoms with Crippen LogP contribution < -0.4 is 5.32 Å². The largest absolute Gasteiger partial charge is 0.338 e. The molecule has 0 saturated carbocycles. The maximum absolute atomic E-state index is 13.1. The fourth-order valence-corrected chi connectivity index (χ4v) is 5.93. The lowest BCUT2D eigenvalue weighted by molar-refractivity contribution is 0.00579. The van der Waals surface area contributed by atoms with Crippen LogP contribution in [0.3, 0.4) is 0 Å². The molecule has 2 amide bonds. The average molecular weight is 424 g/mol. The van der Waals surface area contributed by atoms with E-state index < -0.39 is 0 Å². The minimum Gasteiger partial charge on any atom is -0.338 e. The van der Waals surface area contributed by atoms with Gasteiger partial charge in [0.05, 0.1) is 0 Å². The van der Waals surface area contributed by atoms with Gasteiger partial charge in [0, 0.05) is 43.3 Å². The molecule has 2 fully saturated rings. The zero-order valence-corrected chi connectivity index (χ0v) is 18.2. The van der Waals surface area contributed by atoms with Crippen LogP contribution in [0, 0.1) is 5.92 Å². The Balaban J connectivity index is 1.27. The molecule has 0 unspecified atom stereocenters. The van der Waals surface area contributed by atoms with Crippen LogP contribution >= 0.6 is 11.6 Å². The predicted molar refractivity (Wildman–Crippen MR) is 121 cm³/mol. The highest BCUT2D eigenvalue weighted by Crippen LogP contribution is 2.43. The molecule has 2 saturated heterocycles. The van der Waals surface area contributed by atoms with E-state index in [0.29, 0.717) is 24.5 Å². The molecule has 5 rings (SSSR count). The van der Waals surface area contributed by atoms with Gasteiger partial charge >= 0.3 is 6.03 Å². The first-order valence-corrected chi connectivity index (χ1v) is 11.7. The molecule has 3 aliphatic heterocycles. The molecule has 0 spiro atoms. The van der Waals surface area contributed by atoms with Gasteiger partial charge < -0.3 is 10.2 Å². The van der Waals surface area contributed by atoms with Crippen LogP contribution in [0.25, 0.3) is 0 Å². The van der Waals surface area contributed by atoms with Crippen LogP contribution in [-0.2, 0) is 12.8 Å². The molecule has 2 aromatic rings. The number of likely N-dealkylation sites (tertiary alicyclic amines) is 1. The predicted octanol–water partition coefficient (Wildman–Crippen LogP) is 4.68. The zero-order chi connectivity index (χ0) is 20.5. The van der Waals surface area contributed by atoms with E-state index in [1.54, 1.807) is 0 Å². The Morgan fingerprint density at radius 3 is 2.87 bits per heavy atom. The molecule has 4 nitrogen and oxygen atoms in total. The molecule has 30 heavy (non-hydrogen) atoms. The van der Waals surface area contributed by atoms with Crippen molar-refractivity contribution >= 4 is 17.6 Å². The van der Waals surface area contributed by atoms with Crippen LogP contribution in [0.5, 0.6) is 0 Å². The first-order valence-electron chi connectivity index (χ1n) is 11.3. The number of fused-ring (bicyclic) bond motifs is 4. The lowest BCUT2D eigenvalue weighted by atomic mass is 9.77. The number of carbonyl (C=O) groups is 1. The van der Waals surface area contributed by atoms with Crippen molar-refractivity contribution in [1.29, 1.82) is 0 Å². The van der Waals surface area contributed by atoms with Gasteiger partial charge in [0.15, 0.2) is 0 Å². The van der Waals surface area contributed by atoms with Crippen molar-refractivity contribution in [3.8, 4) is 0 Å². The Morgan fingerprint density at radius 1 is 1.13 bits per heavy atom. The number of rotatable bonds is 3. The third kappa shape index (κ3) is 3.95. The monoisotopic (exact) mass is 423 g/mol. The van der Waals surface area contributed by atoms with Crippen molar-refractivity contribution in [2.45, 2.75) is 44.2 Å². The minimum absolute atomic E-state index is 0.112. The molecule has 0 aromatic heterocycles. The number of piperidine rings is 2. The number of hydrogen-bond acceptors (Lipinski definition) is 2. The highest BCUT2D eigenvalue weighted by Gasteiger charge is 2.43. The van der Waals surface area contributed by atoms with E-state index >= 15 is 0 Å².